The fraction of sp³-hybridized carbons (Fsp3) is 0.409. The van der Waals surface area contributed by atoms with Crippen molar-refractivity contribution in [3.63, 3.8) is 0 Å². The molecule has 1 aromatic carbocycles. The molecule has 174 valence electrons. The molecule has 1 N–H and O–H groups in total. The number of piperidine rings is 1. The second kappa shape index (κ2) is 9.74. The van der Waals surface area contributed by atoms with Crippen LogP contribution in [-0.4, -0.2) is 89.5 Å². The van der Waals surface area contributed by atoms with E-state index in [4.69, 9.17) is 5.53 Å². The third-order valence-corrected chi connectivity index (χ3v) is 5.99. The van der Waals surface area contributed by atoms with E-state index in [1.165, 1.54) is 6.07 Å². The molecule has 3 aliphatic heterocycles. The largest absolute Gasteiger partial charge is 0.340 e. The van der Waals surface area contributed by atoms with Gasteiger partial charge in [-0.15, -0.1) is 0 Å². The number of carbonyl (C=O) groups is 5. The standard InChI is InChI=1S/C22H21N7O5/c23-26-24-13-18(31)28-11-9-27(10-12-28)8-2-4-14-3-1-5-15-19(14)22(34)29(21(15)33)16-6-7-17(30)25-20(16)32/h1,3,5,16H,6-13H2,(H,25,30,32). The minimum Gasteiger partial charge on any atom is -0.340 e. The molecule has 0 aliphatic carbocycles. The van der Waals surface area contributed by atoms with Gasteiger partial charge in [-0.25, -0.2) is 0 Å². The Labute approximate surface area is 194 Å². The number of nitrogens with zero attached hydrogens (tertiary/aromatic N) is 6. The first kappa shape index (κ1) is 23.0. The lowest BCUT2D eigenvalue weighted by atomic mass is 10.0. The summed E-state index contributed by atoms with van der Waals surface area (Å²) in [6.45, 7) is 2.40. The molecule has 0 bridgehead atoms. The van der Waals surface area contributed by atoms with Gasteiger partial charge in [-0.1, -0.05) is 23.0 Å². The van der Waals surface area contributed by atoms with Crippen LogP contribution >= 0.6 is 0 Å². The third-order valence-electron chi connectivity index (χ3n) is 5.99. The average Bonchev–Trinajstić information content (AvgIpc) is 3.09. The second-order valence-electron chi connectivity index (χ2n) is 8.02. The van der Waals surface area contributed by atoms with E-state index in [0.29, 0.717) is 38.3 Å². The molecule has 0 aromatic heterocycles. The van der Waals surface area contributed by atoms with E-state index in [-0.39, 0.29) is 36.4 Å². The molecule has 1 atom stereocenters. The monoisotopic (exact) mass is 463 g/mol. The molecule has 3 heterocycles. The van der Waals surface area contributed by atoms with Gasteiger partial charge in [0, 0.05) is 43.1 Å². The zero-order valence-corrected chi connectivity index (χ0v) is 18.2. The first-order valence-electron chi connectivity index (χ1n) is 10.7. The van der Waals surface area contributed by atoms with Crippen LogP contribution in [0.25, 0.3) is 10.4 Å². The summed E-state index contributed by atoms with van der Waals surface area (Å²) >= 11 is 0. The number of hydrogen-bond donors (Lipinski definition) is 1. The second-order valence-corrected chi connectivity index (χ2v) is 8.02. The van der Waals surface area contributed by atoms with Crippen LogP contribution < -0.4 is 5.32 Å². The van der Waals surface area contributed by atoms with Crippen LogP contribution in [0.1, 0.15) is 39.1 Å². The molecule has 1 aromatic rings. The van der Waals surface area contributed by atoms with E-state index < -0.39 is 29.7 Å². The molecule has 0 saturated carbocycles. The quantitative estimate of drug-likeness (QED) is 0.216. The van der Waals surface area contributed by atoms with Crippen molar-refractivity contribution in [2.75, 3.05) is 39.3 Å². The fourth-order valence-electron chi connectivity index (χ4n) is 4.21. The zero-order valence-electron chi connectivity index (χ0n) is 18.2. The van der Waals surface area contributed by atoms with Crippen molar-refractivity contribution < 1.29 is 24.0 Å². The highest BCUT2D eigenvalue weighted by Crippen LogP contribution is 2.29. The Balaban J connectivity index is 1.43. The highest BCUT2D eigenvalue weighted by Gasteiger charge is 2.45. The Kier molecular flexibility index (Phi) is 6.58. The Bertz CT molecular complexity index is 1190. The molecular weight excluding hydrogens is 442 g/mol. The van der Waals surface area contributed by atoms with Gasteiger partial charge in [0.2, 0.25) is 17.7 Å². The van der Waals surface area contributed by atoms with Crippen LogP contribution in [0.3, 0.4) is 0 Å². The number of piperazine rings is 1. The Hall–Kier alpha value is -4.20. The summed E-state index contributed by atoms with van der Waals surface area (Å²) in [6, 6.07) is 3.79. The summed E-state index contributed by atoms with van der Waals surface area (Å²) in [5.74, 6) is 3.53. The van der Waals surface area contributed by atoms with Crippen LogP contribution in [0.15, 0.2) is 23.3 Å². The molecule has 4 rings (SSSR count). The molecule has 0 radical (unpaired) electrons. The van der Waals surface area contributed by atoms with Crippen LogP contribution in [0.2, 0.25) is 0 Å². The summed E-state index contributed by atoms with van der Waals surface area (Å²) in [6.07, 6.45) is 0.148. The molecule has 12 nitrogen and oxygen atoms in total. The molecule has 12 heteroatoms. The van der Waals surface area contributed by atoms with Crippen molar-refractivity contribution in [2.45, 2.75) is 18.9 Å². The SMILES string of the molecule is [N-]=[N+]=NCC(=O)N1CCN(CC#Cc2cccc3c2C(=O)N(C2CCC(=O)NC2=O)C3=O)CC1. The van der Waals surface area contributed by atoms with Gasteiger partial charge in [-0.05, 0) is 24.1 Å². The summed E-state index contributed by atoms with van der Waals surface area (Å²) in [4.78, 5) is 68.7. The average molecular weight is 463 g/mol. The van der Waals surface area contributed by atoms with Crippen molar-refractivity contribution in [2.24, 2.45) is 5.11 Å². The van der Waals surface area contributed by atoms with E-state index in [1.807, 2.05) is 0 Å². The Morgan fingerprint density at radius 2 is 1.91 bits per heavy atom. The zero-order chi connectivity index (χ0) is 24.2. The number of amides is 5. The first-order valence-corrected chi connectivity index (χ1v) is 10.7. The molecule has 2 fully saturated rings. The lowest BCUT2D eigenvalue weighted by Gasteiger charge is -2.33. The van der Waals surface area contributed by atoms with Gasteiger partial charge in [0.1, 0.15) is 12.6 Å². The van der Waals surface area contributed by atoms with Crippen molar-refractivity contribution in [1.29, 1.82) is 0 Å². The normalized spacial score (nSPS) is 20.3. The molecular formula is C22H21N7O5. The molecule has 3 aliphatic rings. The number of azide groups is 1. The van der Waals surface area contributed by atoms with Gasteiger partial charge in [0.05, 0.1) is 17.7 Å². The lowest BCUT2D eigenvalue weighted by molar-refractivity contribution is -0.136. The predicted octanol–water partition coefficient (Wildman–Crippen LogP) is -0.106. The third kappa shape index (κ3) is 4.47. The van der Waals surface area contributed by atoms with Crippen LogP contribution in [0.4, 0.5) is 0 Å². The summed E-state index contributed by atoms with van der Waals surface area (Å²) < 4.78 is 0. The van der Waals surface area contributed by atoms with Crippen molar-refractivity contribution in [1.82, 2.24) is 20.0 Å². The number of nitrogens with one attached hydrogen (secondary N) is 1. The van der Waals surface area contributed by atoms with Gasteiger partial charge in [0.15, 0.2) is 0 Å². The van der Waals surface area contributed by atoms with E-state index in [1.54, 1.807) is 17.0 Å². The first-order chi connectivity index (χ1) is 16.4. The summed E-state index contributed by atoms with van der Waals surface area (Å²) in [7, 11) is 0. The predicted molar refractivity (Wildman–Crippen MR) is 117 cm³/mol. The highest BCUT2D eigenvalue weighted by atomic mass is 16.2. The maximum absolute atomic E-state index is 13.1. The van der Waals surface area contributed by atoms with Gasteiger partial charge >= 0.3 is 0 Å². The molecule has 1 unspecified atom stereocenters. The van der Waals surface area contributed by atoms with E-state index in [9.17, 15) is 24.0 Å². The van der Waals surface area contributed by atoms with E-state index >= 15 is 0 Å². The van der Waals surface area contributed by atoms with Crippen LogP contribution in [-0.2, 0) is 14.4 Å². The lowest BCUT2D eigenvalue weighted by Crippen LogP contribution is -2.54. The molecule has 2 saturated heterocycles. The minimum absolute atomic E-state index is 0.0564. The summed E-state index contributed by atoms with van der Waals surface area (Å²) in [5.41, 5.74) is 9.08. The smallest absolute Gasteiger partial charge is 0.263 e. The van der Waals surface area contributed by atoms with Crippen LogP contribution in [0, 0.1) is 11.8 Å². The molecule has 0 spiro atoms. The fourth-order valence-corrected chi connectivity index (χ4v) is 4.21. The van der Waals surface area contributed by atoms with Crippen LogP contribution in [0.5, 0.6) is 0 Å². The van der Waals surface area contributed by atoms with Crippen molar-refractivity contribution in [3.05, 3.63) is 45.3 Å². The Morgan fingerprint density at radius 3 is 2.62 bits per heavy atom. The van der Waals surface area contributed by atoms with E-state index in [0.717, 1.165) is 4.90 Å². The summed E-state index contributed by atoms with van der Waals surface area (Å²) in [5, 5.41) is 5.47. The van der Waals surface area contributed by atoms with Crippen molar-refractivity contribution in [3.8, 4) is 11.8 Å². The van der Waals surface area contributed by atoms with Gasteiger partial charge in [0.25, 0.3) is 11.8 Å². The van der Waals surface area contributed by atoms with Crippen molar-refractivity contribution >= 4 is 29.5 Å². The Morgan fingerprint density at radius 1 is 1.15 bits per heavy atom. The maximum Gasteiger partial charge on any atom is 0.263 e. The maximum atomic E-state index is 13.1. The number of rotatable bonds is 4. The van der Waals surface area contributed by atoms with Gasteiger partial charge in [-0.3, -0.25) is 39.1 Å². The van der Waals surface area contributed by atoms with Gasteiger partial charge in [-0.2, -0.15) is 0 Å². The number of hydrogen-bond acceptors (Lipinski definition) is 7. The van der Waals surface area contributed by atoms with E-state index in [2.05, 4.69) is 32.1 Å². The number of benzene rings is 1. The molecule has 5 amide bonds. The van der Waals surface area contributed by atoms with Gasteiger partial charge < -0.3 is 4.90 Å². The topological polar surface area (TPSA) is 156 Å². The number of imide groups is 2. The number of fused-ring (bicyclic) bond motifs is 1. The highest BCUT2D eigenvalue weighted by molar-refractivity contribution is 6.24. The minimum atomic E-state index is -1.02. The number of carbonyl (C=O) groups excluding carboxylic acids is 5. The molecule has 34 heavy (non-hydrogen) atoms.